The molecule has 26 heavy (non-hydrogen) atoms. The molecule has 3 aromatic rings. The fourth-order valence-corrected chi connectivity index (χ4v) is 3.46. The number of carbonyl (C=O) groups is 1. The Hall–Kier alpha value is -2.74. The van der Waals surface area contributed by atoms with Crippen LogP contribution in [0.5, 0.6) is 0 Å². The summed E-state index contributed by atoms with van der Waals surface area (Å²) in [4.78, 5) is 45.4. The van der Waals surface area contributed by atoms with Crippen molar-refractivity contribution in [3.8, 4) is 11.4 Å². The Bertz CT molecular complexity index is 1150. The maximum atomic E-state index is 12.7. The number of Topliss-reactive ketones (excluding diaryl/α,β-unsaturated/α-hetero) is 1. The van der Waals surface area contributed by atoms with Crippen LogP contribution >= 0.6 is 11.8 Å². The predicted octanol–water partition coefficient (Wildman–Crippen LogP) is 1.68. The first-order valence-electron chi connectivity index (χ1n) is 7.97. The number of benzene rings is 1. The molecule has 0 unspecified atom stereocenters. The van der Waals surface area contributed by atoms with Crippen LogP contribution in [0.2, 0.25) is 0 Å². The maximum absolute atomic E-state index is 12.7. The van der Waals surface area contributed by atoms with Crippen molar-refractivity contribution in [2.45, 2.75) is 18.9 Å². The monoisotopic (exact) mass is 370 g/mol. The maximum Gasteiger partial charge on any atom is 0.332 e. The first-order valence-corrected chi connectivity index (χ1v) is 8.95. The fourth-order valence-electron chi connectivity index (χ4n) is 2.65. The van der Waals surface area contributed by atoms with E-state index in [4.69, 9.17) is 0 Å². The van der Waals surface area contributed by atoms with Crippen molar-refractivity contribution in [1.82, 2.24) is 19.1 Å². The van der Waals surface area contributed by atoms with Crippen molar-refractivity contribution < 1.29 is 4.79 Å². The number of ketones is 1. The van der Waals surface area contributed by atoms with Gasteiger partial charge in [0.1, 0.15) is 16.2 Å². The highest BCUT2D eigenvalue weighted by atomic mass is 32.2. The zero-order valence-corrected chi connectivity index (χ0v) is 15.8. The summed E-state index contributed by atoms with van der Waals surface area (Å²) in [6, 6.07) is 7.61. The summed E-state index contributed by atoms with van der Waals surface area (Å²) < 4.78 is 2.36. The zero-order valence-electron chi connectivity index (χ0n) is 14.9. The molecule has 134 valence electrons. The minimum absolute atomic E-state index is 0.0270. The number of hydrogen-bond donors (Lipinski definition) is 0. The number of nitrogens with zero attached hydrogens (tertiary/aromatic N) is 4. The third-order valence-corrected chi connectivity index (χ3v) is 5.18. The lowest BCUT2D eigenvalue weighted by Crippen LogP contribution is -2.37. The third-order valence-electron chi connectivity index (χ3n) is 4.06. The Morgan fingerprint density at radius 2 is 1.81 bits per heavy atom. The van der Waals surface area contributed by atoms with Crippen LogP contribution in [0.25, 0.3) is 22.4 Å². The van der Waals surface area contributed by atoms with Gasteiger partial charge in [-0.05, 0) is 19.4 Å². The van der Waals surface area contributed by atoms with Crippen LogP contribution in [-0.4, -0.2) is 30.6 Å². The first kappa shape index (κ1) is 18.1. The molecular weight excluding hydrogens is 352 g/mol. The number of rotatable bonds is 4. The van der Waals surface area contributed by atoms with E-state index in [-0.39, 0.29) is 22.6 Å². The molecule has 3 rings (SSSR count). The molecule has 0 N–H and O–H groups in total. The van der Waals surface area contributed by atoms with Crippen molar-refractivity contribution in [1.29, 1.82) is 0 Å². The van der Waals surface area contributed by atoms with E-state index in [1.165, 1.54) is 30.3 Å². The van der Waals surface area contributed by atoms with Gasteiger partial charge in [0.25, 0.3) is 5.56 Å². The minimum Gasteiger partial charge on any atom is -0.299 e. The molecule has 0 aliphatic rings. The molecule has 0 bridgehead atoms. The minimum atomic E-state index is -0.467. The van der Waals surface area contributed by atoms with Crippen molar-refractivity contribution in [3.05, 3.63) is 50.7 Å². The molecular formula is C18H18N4O3S. The Labute approximate surface area is 153 Å². The average molecular weight is 370 g/mol. The van der Waals surface area contributed by atoms with E-state index in [2.05, 4.69) is 9.97 Å². The van der Waals surface area contributed by atoms with Gasteiger partial charge in [-0.25, -0.2) is 14.8 Å². The second-order valence-electron chi connectivity index (χ2n) is 6.06. The quantitative estimate of drug-likeness (QED) is 0.513. The number of carbonyl (C=O) groups excluding carboxylic acids is 1. The highest BCUT2D eigenvalue weighted by Gasteiger charge is 2.19. The lowest BCUT2D eigenvalue weighted by molar-refractivity contribution is -0.114. The van der Waals surface area contributed by atoms with E-state index < -0.39 is 11.2 Å². The average Bonchev–Trinajstić information content (AvgIpc) is 2.62. The van der Waals surface area contributed by atoms with Gasteiger partial charge < -0.3 is 0 Å². The Kier molecular flexibility index (Phi) is 4.78. The van der Waals surface area contributed by atoms with Crippen LogP contribution in [0.4, 0.5) is 0 Å². The molecule has 0 aliphatic heterocycles. The summed E-state index contributed by atoms with van der Waals surface area (Å²) in [5.41, 5.74) is 1.12. The number of hydrogen-bond acceptors (Lipinski definition) is 6. The third kappa shape index (κ3) is 3.08. The van der Waals surface area contributed by atoms with E-state index in [9.17, 15) is 14.4 Å². The van der Waals surface area contributed by atoms with Gasteiger partial charge >= 0.3 is 5.69 Å². The summed E-state index contributed by atoms with van der Waals surface area (Å²) in [6.45, 7) is 3.42. The molecule has 0 saturated carbocycles. The van der Waals surface area contributed by atoms with Crippen molar-refractivity contribution >= 4 is 28.6 Å². The summed E-state index contributed by atoms with van der Waals surface area (Å²) >= 11 is 1.18. The Morgan fingerprint density at radius 1 is 1.12 bits per heavy atom. The van der Waals surface area contributed by atoms with Gasteiger partial charge in [0, 0.05) is 19.7 Å². The van der Waals surface area contributed by atoms with Gasteiger partial charge in [0.15, 0.2) is 11.5 Å². The number of aromatic nitrogens is 4. The van der Waals surface area contributed by atoms with Crippen molar-refractivity contribution in [3.63, 3.8) is 0 Å². The normalized spacial score (nSPS) is 11.1. The molecule has 0 fully saturated rings. The fraction of sp³-hybridized carbons (Fsp3) is 0.278. The largest absolute Gasteiger partial charge is 0.332 e. The van der Waals surface area contributed by atoms with Gasteiger partial charge in [-0.3, -0.25) is 18.7 Å². The highest BCUT2D eigenvalue weighted by molar-refractivity contribution is 8.00. The molecule has 2 heterocycles. The molecule has 0 spiro atoms. The lowest BCUT2D eigenvalue weighted by atomic mass is 10.1. The second kappa shape index (κ2) is 6.87. The first-order chi connectivity index (χ1) is 12.3. The van der Waals surface area contributed by atoms with Gasteiger partial charge in [0.2, 0.25) is 0 Å². The van der Waals surface area contributed by atoms with Crippen LogP contribution in [0, 0.1) is 6.92 Å². The molecule has 0 atom stereocenters. The topological polar surface area (TPSA) is 86.8 Å². The molecule has 2 aromatic heterocycles. The standard InChI is InChI=1S/C18H18N4O3S/c1-10-7-5-6-8-12(10)14-19-15-13(16(20-14)26-9-11(2)23)17(24)22(4)18(25)21(15)3/h5-8H,9H2,1-4H3. The van der Waals surface area contributed by atoms with E-state index in [1.54, 1.807) is 7.05 Å². The Balaban J connectivity index is 2.40. The van der Waals surface area contributed by atoms with Crippen LogP contribution in [0.15, 0.2) is 38.9 Å². The Morgan fingerprint density at radius 3 is 2.46 bits per heavy atom. The van der Waals surface area contributed by atoms with Crippen LogP contribution in [-0.2, 0) is 18.9 Å². The highest BCUT2D eigenvalue weighted by Crippen LogP contribution is 2.27. The zero-order chi connectivity index (χ0) is 19.0. The molecule has 8 heteroatoms. The second-order valence-corrected chi connectivity index (χ2v) is 7.03. The summed E-state index contributed by atoms with van der Waals surface area (Å²) in [6.07, 6.45) is 0. The number of thioether (sulfide) groups is 1. The SMILES string of the molecule is CC(=O)CSc1nc(-c2ccccc2C)nc2c1c(=O)n(C)c(=O)n2C. The van der Waals surface area contributed by atoms with E-state index >= 15 is 0 Å². The molecule has 7 nitrogen and oxygen atoms in total. The van der Waals surface area contributed by atoms with Crippen molar-refractivity contribution in [2.75, 3.05) is 5.75 Å². The van der Waals surface area contributed by atoms with Gasteiger partial charge in [0.05, 0.1) is 5.75 Å². The lowest BCUT2D eigenvalue weighted by Gasteiger charge is -2.12. The molecule has 0 aliphatic carbocycles. The molecule has 1 aromatic carbocycles. The van der Waals surface area contributed by atoms with Gasteiger partial charge in [-0.2, -0.15) is 0 Å². The van der Waals surface area contributed by atoms with Gasteiger partial charge in [-0.15, -0.1) is 0 Å². The van der Waals surface area contributed by atoms with E-state index in [0.29, 0.717) is 10.9 Å². The summed E-state index contributed by atoms with van der Waals surface area (Å²) in [5.74, 6) is 0.580. The van der Waals surface area contributed by atoms with E-state index in [1.807, 2.05) is 31.2 Å². The van der Waals surface area contributed by atoms with Crippen LogP contribution in [0.3, 0.4) is 0 Å². The van der Waals surface area contributed by atoms with Crippen LogP contribution in [0.1, 0.15) is 12.5 Å². The number of aryl methyl sites for hydroxylation is 2. The summed E-state index contributed by atoms with van der Waals surface area (Å²) in [7, 11) is 2.98. The van der Waals surface area contributed by atoms with E-state index in [0.717, 1.165) is 15.7 Å². The van der Waals surface area contributed by atoms with Gasteiger partial charge in [-0.1, -0.05) is 36.0 Å². The predicted molar refractivity (Wildman–Crippen MR) is 102 cm³/mol. The molecule has 0 saturated heterocycles. The summed E-state index contributed by atoms with van der Waals surface area (Å²) in [5, 5.41) is 0.651. The molecule has 0 radical (unpaired) electrons. The smallest absolute Gasteiger partial charge is 0.299 e. The number of fused-ring (bicyclic) bond motifs is 1. The van der Waals surface area contributed by atoms with Crippen molar-refractivity contribution in [2.24, 2.45) is 14.1 Å². The van der Waals surface area contributed by atoms with Crippen LogP contribution < -0.4 is 11.2 Å². The molecule has 0 amide bonds.